The van der Waals surface area contributed by atoms with Gasteiger partial charge >= 0.3 is 0 Å². The molecule has 0 amide bonds. The minimum atomic E-state index is 0.509. The molecule has 1 aromatic heterocycles. The summed E-state index contributed by atoms with van der Waals surface area (Å²) < 4.78 is 1.88. The number of nitrogens with two attached hydrogens (primary N) is 1. The first-order chi connectivity index (χ1) is 8.63. The molecule has 0 aliphatic rings. The maximum absolute atomic E-state index is 5.76. The third kappa shape index (κ3) is 2.74. The fraction of sp³-hybridized carbons (Fsp3) is 0.154. The lowest BCUT2D eigenvalue weighted by Crippen LogP contribution is -2.15. The summed E-state index contributed by atoms with van der Waals surface area (Å²) in [6.45, 7) is 0.509. The SMILES string of the molecule is CN(c1ccccc1CN)c1ncc(Br)cc1Br. The number of halogens is 2. The Labute approximate surface area is 123 Å². The molecule has 0 saturated carbocycles. The summed E-state index contributed by atoms with van der Waals surface area (Å²) >= 11 is 6.92. The van der Waals surface area contributed by atoms with Gasteiger partial charge < -0.3 is 10.6 Å². The largest absolute Gasteiger partial charge is 0.328 e. The Kier molecular flexibility index (Phi) is 4.37. The molecule has 18 heavy (non-hydrogen) atoms. The van der Waals surface area contributed by atoms with Gasteiger partial charge in [0.05, 0.1) is 4.47 Å². The summed E-state index contributed by atoms with van der Waals surface area (Å²) in [7, 11) is 1.98. The number of pyridine rings is 1. The normalized spacial score (nSPS) is 10.4. The van der Waals surface area contributed by atoms with Gasteiger partial charge in [0.15, 0.2) is 0 Å². The van der Waals surface area contributed by atoms with Gasteiger partial charge in [0.1, 0.15) is 5.82 Å². The Morgan fingerprint density at radius 3 is 2.67 bits per heavy atom. The summed E-state index contributed by atoms with van der Waals surface area (Å²) in [6, 6.07) is 10.0. The number of hydrogen-bond donors (Lipinski definition) is 1. The third-order valence-corrected chi connectivity index (χ3v) is 3.70. The van der Waals surface area contributed by atoms with Crippen molar-refractivity contribution < 1.29 is 0 Å². The molecule has 1 aromatic carbocycles. The quantitative estimate of drug-likeness (QED) is 0.892. The van der Waals surface area contributed by atoms with Crippen LogP contribution in [0.3, 0.4) is 0 Å². The van der Waals surface area contributed by atoms with Crippen LogP contribution in [-0.2, 0) is 6.54 Å². The standard InChI is InChI=1S/C13H13Br2N3/c1-18(12-5-3-2-4-9(12)7-16)13-11(15)6-10(14)8-17-13/h2-6,8H,7,16H2,1H3. The molecule has 0 radical (unpaired) electrons. The number of nitrogens with zero attached hydrogens (tertiary/aromatic N) is 2. The first kappa shape index (κ1) is 13.5. The number of hydrogen-bond acceptors (Lipinski definition) is 3. The summed E-state index contributed by atoms with van der Waals surface area (Å²) in [5.41, 5.74) is 7.92. The second-order valence-electron chi connectivity index (χ2n) is 3.85. The minimum absolute atomic E-state index is 0.509. The molecule has 2 aromatic rings. The van der Waals surface area contributed by atoms with Crippen LogP contribution in [0.15, 0.2) is 45.5 Å². The summed E-state index contributed by atoms with van der Waals surface area (Å²) in [5.74, 6) is 0.860. The molecule has 5 heteroatoms. The van der Waals surface area contributed by atoms with Crippen molar-refractivity contribution in [3.63, 3.8) is 0 Å². The Bertz CT molecular complexity index is 558. The van der Waals surface area contributed by atoms with Crippen molar-refractivity contribution in [1.82, 2.24) is 4.98 Å². The van der Waals surface area contributed by atoms with Crippen LogP contribution in [0.25, 0.3) is 0 Å². The summed E-state index contributed by atoms with van der Waals surface area (Å²) in [6.07, 6.45) is 1.78. The average Bonchev–Trinajstić information content (AvgIpc) is 2.38. The number of anilines is 2. The van der Waals surface area contributed by atoms with Crippen molar-refractivity contribution >= 4 is 43.4 Å². The van der Waals surface area contributed by atoms with Crippen LogP contribution in [-0.4, -0.2) is 12.0 Å². The second kappa shape index (κ2) is 5.82. The van der Waals surface area contributed by atoms with Gasteiger partial charge in [-0.2, -0.15) is 0 Å². The molecule has 3 nitrogen and oxygen atoms in total. The smallest absolute Gasteiger partial charge is 0.147 e. The zero-order chi connectivity index (χ0) is 13.1. The van der Waals surface area contributed by atoms with E-state index in [1.165, 1.54) is 0 Å². The molecule has 94 valence electrons. The van der Waals surface area contributed by atoms with Crippen molar-refractivity contribution in [2.24, 2.45) is 5.73 Å². The third-order valence-electron chi connectivity index (χ3n) is 2.68. The molecule has 0 aliphatic heterocycles. The highest BCUT2D eigenvalue weighted by atomic mass is 79.9. The highest BCUT2D eigenvalue weighted by Gasteiger charge is 2.12. The Morgan fingerprint density at radius 2 is 2.00 bits per heavy atom. The molecule has 0 saturated heterocycles. The van der Waals surface area contributed by atoms with Crippen LogP contribution in [0.5, 0.6) is 0 Å². The molecule has 0 atom stereocenters. The van der Waals surface area contributed by atoms with E-state index in [1.807, 2.05) is 42.3 Å². The zero-order valence-electron chi connectivity index (χ0n) is 9.90. The highest BCUT2D eigenvalue weighted by molar-refractivity contribution is 9.11. The molecular weight excluding hydrogens is 358 g/mol. The Morgan fingerprint density at radius 1 is 1.28 bits per heavy atom. The Balaban J connectivity index is 2.44. The first-order valence-corrected chi connectivity index (χ1v) is 7.05. The lowest BCUT2D eigenvalue weighted by molar-refractivity contribution is 1.03. The average molecular weight is 371 g/mol. The van der Waals surface area contributed by atoms with Gasteiger partial charge in [0, 0.05) is 29.9 Å². The van der Waals surface area contributed by atoms with Gasteiger partial charge in [-0.15, -0.1) is 0 Å². The summed E-state index contributed by atoms with van der Waals surface area (Å²) in [5, 5.41) is 0. The second-order valence-corrected chi connectivity index (χ2v) is 5.62. The van der Waals surface area contributed by atoms with Crippen molar-refractivity contribution in [3.8, 4) is 0 Å². The van der Waals surface area contributed by atoms with E-state index in [1.54, 1.807) is 6.20 Å². The molecule has 0 fully saturated rings. The number of benzene rings is 1. The predicted molar refractivity (Wildman–Crippen MR) is 82.0 cm³/mol. The monoisotopic (exact) mass is 369 g/mol. The zero-order valence-corrected chi connectivity index (χ0v) is 13.1. The van der Waals surface area contributed by atoms with Gasteiger partial charge in [-0.05, 0) is 49.6 Å². The number of para-hydroxylation sites is 1. The van der Waals surface area contributed by atoms with Crippen LogP contribution < -0.4 is 10.6 Å². The fourth-order valence-electron chi connectivity index (χ4n) is 1.78. The fourth-order valence-corrected chi connectivity index (χ4v) is 3.03. The van der Waals surface area contributed by atoms with Gasteiger partial charge in [-0.25, -0.2) is 4.98 Å². The van der Waals surface area contributed by atoms with Crippen LogP contribution >= 0.6 is 31.9 Å². The van der Waals surface area contributed by atoms with E-state index in [4.69, 9.17) is 5.73 Å². The molecule has 2 rings (SSSR count). The van der Waals surface area contributed by atoms with E-state index in [-0.39, 0.29) is 0 Å². The number of rotatable bonds is 3. The van der Waals surface area contributed by atoms with Crippen molar-refractivity contribution in [3.05, 3.63) is 51.0 Å². The van der Waals surface area contributed by atoms with E-state index in [0.29, 0.717) is 6.54 Å². The van der Waals surface area contributed by atoms with E-state index in [0.717, 1.165) is 26.0 Å². The molecule has 0 spiro atoms. The molecule has 2 N–H and O–H groups in total. The van der Waals surface area contributed by atoms with E-state index in [2.05, 4.69) is 36.8 Å². The maximum atomic E-state index is 5.76. The van der Waals surface area contributed by atoms with Crippen molar-refractivity contribution in [2.45, 2.75) is 6.54 Å². The van der Waals surface area contributed by atoms with Crippen LogP contribution in [0.1, 0.15) is 5.56 Å². The van der Waals surface area contributed by atoms with Gasteiger partial charge in [0.2, 0.25) is 0 Å². The number of aromatic nitrogens is 1. The lowest BCUT2D eigenvalue weighted by atomic mass is 10.1. The topological polar surface area (TPSA) is 42.1 Å². The minimum Gasteiger partial charge on any atom is -0.328 e. The van der Waals surface area contributed by atoms with Gasteiger partial charge in [-0.1, -0.05) is 18.2 Å². The molecular formula is C13H13Br2N3. The van der Waals surface area contributed by atoms with E-state index < -0.39 is 0 Å². The summed E-state index contributed by atoms with van der Waals surface area (Å²) in [4.78, 5) is 6.45. The van der Waals surface area contributed by atoms with E-state index >= 15 is 0 Å². The van der Waals surface area contributed by atoms with Crippen molar-refractivity contribution in [1.29, 1.82) is 0 Å². The van der Waals surface area contributed by atoms with Gasteiger partial charge in [0.25, 0.3) is 0 Å². The van der Waals surface area contributed by atoms with E-state index in [9.17, 15) is 0 Å². The maximum Gasteiger partial charge on any atom is 0.147 e. The van der Waals surface area contributed by atoms with Crippen molar-refractivity contribution in [2.75, 3.05) is 11.9 Å². The first-order valence-electron chi connectivity index (χ1n) is 5.46. The molecule has 0 unspecified atom stereocenters. The molecule has 0 bridgehead atoms. The Hall–Kier alpha value is -0.910. The van der Waals surface area contributed by atoms with Crippen LogP contribution in [0.4, 0.5) is 11.5 Å². The van der Waals surface area contributed by atoms with Gasteiger partial charge in [-0.3, -0.25) is 0 Å². The highest BCUT2D eigenvalue weighted by Crippen LogP contribution is 2.32. The lowest BCUT2D eigenvalue weighted by Gasteiger charge is -2.22. The molecule has 0 aliphatic carbocycles. The van der Waals surface area contributed by atoms with Crippen LogP contribution in [0, 0.1) is 0 Å². The predicted octanol–water partition coefficient (Wildman–Crippen LogP) is 3.83. The molecule has 1 heterocycles. The van der Waals surface area contributed by atoms with Crippen LogP contribution in [0.2, 0.25) is 0 Å².